The van der Waals surface area contributed by atoms with Crippen molar-refractivity contribution in [2.24, 2.45) is 0 Å². The highest BCUT2D eigenvalue weighted by Gasteiger charge is 2.44. The summed E-state index contributed by atoms with van der Waals surface area (Å²) in [6.07, 6.45) is 3.60. The molecule has 1 amide bonds. The van der Waals surface area contributed by atoms with Crippen LogP contribution in [0, 0.1) is 5.82 Å². The maximum absolute atomic E-state index is 12.8. The van der Waals surface area contributed by atoms with E-state index in [4.69, 9.17) is 0 Å². The van der Waals surface area contributed by atoms with Gasteiger partial charge >= 0.3 is 0 Å². The predicted octanol–water partition coefficient (Wildman–Crippen LogP) is 2.77. The van der Waals surface area contributed by atoms with E-state index < -0.39 is 0 Å². The first-order valence-corrected chi connectivity index (χ1v) is 6.19. The number of carbonyl (C=O) groups is 1. The molecule has 1 fully saturated rings. The van der Waals surface area contributed by atoms with Crippen molar-refractivity contribution in [3.05, 3.63) is 35.6 Å². The second kappa shape index (κ2) is 4.86. The number of nitrogens with one attached hydrogen (secondary N) is 1. The first-order valence-electron chi connectivity index (χ1n) is 6.19. The van der Waals surface area contributed by atoms with Crippen LogP contribution in [0.2, 0.25) is 0 Å². The van der Waals surface area contributed by atoms with Gasteiger partial charge in [-0.2, -0.15) is 0 Å². The van der Waals surface area contributed by atoms with Gasteiger partial charge in [-0.25, -0.2) is 4.39 Å². The van der Waals surface area contributed by atoms with Crippen LogP contribution in [0.4, 0.5) is 4.39 Å². The van der Waals surface area contributed by atoms with Crippen molar-refractivity contribution in [1.82, 2.24) is 5.32 Å². The SMILES string of the molecule is CCCC(=O)NCC1(c2ccc(F)cc2)CC1. The smallest absolute Gasteiger partial charge is 0.220 e. The fraction of sp³-hybridized carbons (Fsp3) is 0.500. The first-order chi connectivity index (χ1) is 8.16. The molecule has 0 aliphatic heterocycles. The Morgan fingerprint density at radius 3 is 2.53 bits per heavy atom. The van der Waals surface area contributed by atoms with Crippen molar-refractivity contribution in [2.75, 3.05) is 6.54 Å². The summed E-state index contributed by atoms with van der Waals surface area (Å²) < 4.78 is 12.8. The van der Waals surface area contributed by atoms with Gasteiger partial charge in [-0.15, -0.1) is 0 Å². The Morgan fingerprint density at radius 1 is 1.35 bits per heavy atom. The zero-order valence-corrected chi connectivity index (χ0v) is 10.1. The van der Waals surface area contributed by atoms with Gasteiger partial charge in [0.2, 0.25) is 5.91 Å². The minimum atomic E-state index is -0.209. The van der Waals surface area contributed by atoms with Crippen LogP contribution in [0.25, 0.3) is 0 Å². The van der Waals surface area contributed by atoms with Crippen molar-refractivity contribution in [3.8, 4) is 0 Å². The number of benzene rings is 1. The van der Waals surface area contributed by atoms with Gasteiger partial charge in [0.1, 0.15) is 5.82 Å². The van der Waals surface area contributed by atoms with Crippen molar-refractivity contribution < 1.29 is 9.18 Å². The van der Waals surface area contributed by atoms with Gasteiger partial charge in [0, 0.05) is 18.4 Å². The lowest BCUT2D eigenvalue weighted by molar-refractivity contribution is -0.121. The lowest BCUT2D eigenvalue weighted by Gasteiger charge is -2.16. The topological polar surface area (TPSA) is 29.1 Å². The third kappa shape index (κ3) is 2.84. The minimum absolute atomic E-state index is 0.0666. The van der Waals surface area contributed by atoms with E-state index in [-0.39, 0.29) is 17.1 Å². The molecule has 1 aromatic rings. The van der Waals surface area contributed by atoms with Crippen LogP contribution in [0.3, 0.4) is 0 Å². The first kappa shape index (κ1) is 12.1. The molecule has 0 atom stereocenters. The maximum Gasteiger partial charge on any atom is 0.220 e. The summed E-state index contributed by atoms with van der Waals surface area (Å²) in [6, 6.07) is 6.63. The van der Waals surface area contributed by atoms with Gasteiger partial charge in [-0.1, -0.05) is 19.1 Å². The average molecular weight is 235 g/mol. The number of carbonyl (C=O) groups excluding carboxylic acids is 1. The standard InChI is InChI=1S/C14H18FNO/c1-2-3-13(17)16-10-14(8-9-14)11-4-6-12(15)7-5-11/h4-7H,2-3,8-10H2,1H3,(H,16,17). The van der Waals surface area contributed by atoms with Gasteiger partial charge in [0.15, 0.2) is 0 Å². The molecule has 0 bridgehead atoms. The third-order valence-corrected chi connectivity index (χ3v) is 3.41. The third-order valence-electron chi connectivity index (χ3n) is 3.41. The molecule has 92 valence electrons. The van der Waals surface area contributed by atoms with Gasteiger partial charge in [-0.05, 0) is 37.0 Å². The molecule has 17 heavy (non-hydrogen) atoms. The molecular formula is C14H18FNO. The largest absolute Gasteiger partial charge is 0.355 e. The van der Waals surface area contributed by atoms with Crippen LogP contribution in [0.1, 0.15) is 38.2 Å². The highest BCUT2D eigenvalue weighted by atomic mass is 19.1. The van der Waals surface area contributed by atoms with Gasteiger partial charge < -0.3 is 5.32 Å². The highest BCUT2D eigenvalue weighted by Crippen LogP contribution is 2.47. The summed E-state index contributed by atoms with van der Waals surface area (Å²) >= 11 is 0. The van der Waals surface area contributed by atoms with Gasteiger partial charge in [0.05, 0.1) is 0 Å². The molecule has 2 nitrogen and oxygen atoms in total. The number of halogens is 1. The van der Waals surface area contributed by atoms with E-state index >= 15 is 0 Å². The maximum atomic E-state index is 12.8. The molecule has 0 aromatic heterocycles. The molecule has 0 spiro atoms. The Balaban J connectivity index is 1.95. The summed E-state index contributed by atoms with van der Waals surface area (Å²) in [5.41, 5.74) is 1.20. The Bertz CT molecular complexity index is 395. The molecule has 1 aromatic carbocycles. The Labute approximate surface area is 101 Å². The molecule has 0 heterocycles. The van der Waals surface area contributed by atoms with Crippen molar-refractivity contribution in [2.45, 2.75) is 38.0 Å². The molecule has 1 aliphatic carbocycles. The molecular weight excluding hydrogens is 217 g/mol. The molecule has 1 saturated carbocycles. The molecule has 1 N–H and O–H groups in total. The van der Waals surface area contributed by atoms with Crippen molar-refractivity contribution >= 4 is 5.91 Å². The second-order valence-corrected chi connectivity index (χ2v) is 4.81. The fourth-order valence-electron chi connectivity index (χ4n) is 2.11. The Morgan fingerprint density at radius 2 is 2.00 bits per heavy atom. The van der Waals surface area contributed by atoms with Crippen molar-refractivity contribution in [3.63, 3.8) is 0 Å². The van der Waals surface area contributed by atoms with E-state index in [1.54, 1.807) is 0 Å². The molecule has 0 unspecified atom stereocenters. The van der Waals surface area contributed by atoms with Crippen LogP contribution in [0.15, 0.2) is 24.3 Å². The molecule has 3 heteroatoms. The monoisotopic (exact) mass is 235 g/mol. The summed E-state index contributed by atoms with van der Waals surface area (Å²) in [5.74, 6) is -0.0968. The van der Waals surface area contributed by atoms with Crippen molar-refractivity contribution in [1.29, 1.82) is 0 Å². The van der Waals surface area contributed by atoms with E-state index in [1.165, 1.54) is 12.1 Å². The fourth-order valence-corrected chi connectivity index (χ4v) is 2.11. The Hall–Kier alpha value is -1.38. The Kier molecular flexibility index (Phi) is 3.46. The van der Waals surface area contributed by atoms with Crippen LogP contribution in [-0.4, -0.2) is 12.5 Å². The molecule has 1 aliphatic rings. The number of rotatable bonds is 5. The molecule has 0 saturated heterocycles. The summed E-state index contributed by atoms with van der Waals surface area (Å²) in [7, 11) is 0. The normalized spacial score (nSPS) is 16.6. The predicted molar refractivity (Wildman–Crippen MR) is 65.2 cm³/mol. The number of hydrogen-bond donors (Lipinski definition) is 1. The lowest BCUT2D eigenvalue weighted by atomic mass is 9.96. The summed E-state index contributed by atoms with van der Waals surface area (Å²) in [5, 5.41) is 2.97. The second-order valence-electron chi connectivity index (χ2n) is 4.81. The van der Waals surface area contributed by atoms with Crippen LogP contribution < -0.4 is 5.32 Å². The minimum Gasteiger partial charge on any atom is -0.355 e. The van der Waals surface area contributed by atoms with E-state index in [9.17, 15) is 9.18 Å². The number of hydrogen-bond acceptors (Lipinski definition) is 1. The quantitative estimate of drug-likeness (QED) is 0.835. The highest BCUT2D eigenvalue weighted by molar-refractivity contribution is 5.76. The van der Waals surface area contributed by atoms with Crippen LogP contribution >= 0.6 is 0 Å². The van der Waals surface area contributed by atoms with Crippen LogP contribution in [0.5, 0.6) is 0 Å². The van der Waals surface area contributed by atoms with E-state index in [0.29, 0.717) is 13.0 Å². The van der Waals surface area contributed by atoms with E-state index in [1.807, 2.05) is 19.1 Å². The number of amides is 1. The van der Waals surface area contributed by atoms with Gasteiger partial charge in [-0.3, -0.25) is 4.79 Å². The summed E-state index contributed by atoms with van der Waals surface area (Å²) in [6.45, 7) is 2.67. The van der Waals surface area contributed by atoms with Gasteiger partial charge in [0.25, 0.3) is 0 Å². The zero-order chi connectivity index (χ0) is 12.3. The zero-order valence-electron chi connectivity index (χ0n) is 10.1. The van der Waals surface area contributed by atoms with E-state index in [0.717, 1.165) is 24.8 Å². The average Bonchev–Trinajstić information content (AvgIpc) is 3.09. The van der Waals surface area contributed by atoms with Crippen LogP contribution in [-0.2, 0) is 10.2 Å². The van der Waals surface area contributed by atoms with E-state index in [2.05, 4.69) is 5.32 Å². The molecule has 2 rings (SSSR count). The lowest BCUT2D eigenvalue weighted by Crippen LogP contribution is -2.31. The molecule has 0 radical (unpaired) electrons. The summed E-state index contributed by atoms with van der Waals surface area (Å²) in [4.78, 5) is 11.4.